The highest BCUT2D eigenvalue weighted by molar-refractivity contribution is 7.12. The summed E-state index contributed by atoms with van der Waals surface area (Å²) in [6.45, 7) is 1.73. The molecular weight excluding hydrogens is 224 g/mol. The lowest BCUT2D eigenvalue weighted by atomic mass is 10.3. The maximum Gasteiger partial charge on any atom is 0.110 e. The third kappa shape index (κ3) is 2.90. The normalized spacial score (nSPS) is 10.1. The number of thiophene rings is 2. The van der Waals surface area contributed by atoms with E-state index in [1.165, 1.54) is 10.4 Å². The zero-order valence-corrected chi connectivity index (χ0v) is 9.70. The van der Waals surface area contributed by atoms with Gasteiger partial charge < -0.3 is 5.32 Å². The SMILES string of the molecule is N#Cc1ccc(CNCc2ccsc2)s1. The second-order valence-corrected chi connectivity index (χ2v) is 5.06. The number of nitrogens with one attached hydrogen (secondary N) is 1. The van der Waals surface area contributed by atoms with Gasteiger partial charge in [-0.3, -0.25) is 0 Å². The summed E-state index contributed by atoms with van der Waals surface area (Å²) >= 11 is 3.26. The minimum absolute atomic E-state index is 0.780. The zero-order valence-electron chi connectivity index (χ0n) is 8.06. The summed E-state index contributed by atoms with van der Waals surface area (Å²) in [5.41, 5.74) is 1.32. The first-order valence-corrected chi connectivity index (χ1v) is 6.35. The van der Waals surface area contributed by atoms with Crippen LogP contribution < -0.4 is 5.32 Å². The highest BCUT2D eigenvalue weighted by Gasteiger charge is 1.98. The van der Waals surface area contributed by atoms with Crippen molar-refractivity contribution in [1.82, 2.24) is 5.32 Å². The van der Waals surface area contributed by atoms with Gasteiger partial charge in [0.2, 0.25) is 0 Å². The fourth-order valence-corrected chi connectivity index (χ4v) is 2.70. The van der Waals surface area contributed by atoms with Gasteiger partial charge in [-0.15, -0.1) is 11.3 Å². The van der Waals surface area contributed by atoms with Crippen LogP contribution in [0.3, 0.4) is 0 Å². The highest BCUT2D eigenvalue weighted by atomic mass is 32.1. The highest BCUT2D eigenvalue weighted by Crippen LogP contribution is 2.15. The fraction of sp³-hybridized carbons (Fsp3) is 0.182. The van der Waals surface area contributed by atoms with Crippen LogP contribution >= 0.6 is 22.7 Å². The molecule has 4 heteroatoms. The molecule has 1 N–H and O–H groups in total. The van der Waals surface area contributed by atoms with Crippen LogP contribution in [0.25, 0.3) is 0 Å². The van der Waals surface area contributed by atoms with E-state index in [0.717, 1.165) is 18.0 Å². The summed E-state index contributed by atoms with van der Waals surface area (Å²) in [6.07, 6.45) is 0. The second kappa shape index (κ2) is 5.08. The van der Waals surface area contributed by atoms with Crippen LogP contribution in [-0.2, 0) is 13.1 Å². The molecule has 0 unspecified atom stereocenters. The summed E-state index contributed by atoms with van der Waals surface area (Å²) in [7, 11) is 0. The van der Waals surface area contributed by atoms with Crippen LogP contribution in [0.1, 0.15) is 15.3 Å². The smallest absolute Gasteiger partial charge is 0.110 e. The zero-order chi connectivity index (χ0) is 10.5. The first-order valence-electron chi connectivity index (χ1n) is 4.59. The molecule has 0 aliphatic rings. The lowest BCUT2D eigenvalue weighted by Crippen LogP contribution is -2.10. The minimum atomic E-state index is 0.780. The van der Waals surface area contributed by atoms with Gasteiger partial charge in [0.25, 0.3) is 0 Å². The first-order chi connectivity index (χ1) is 7.38. The van der Waals surface area contributed by atoms with E-state index in [-0.39, 0.29) is 0 Å². The Morgan fingerprint density at radius 1 is 1.27 bits per heavy atom. The van der Waals surface area contributed by atoms with Gasteiger partial charge in [0.15, 0.2) is 0 Å². The first kappa shape index (κ1) is 10.4. The molecule has 2 aromatic heterocycles. The molecule has 2 aromatic rings. The molecule has 0 amide bonds. The Labute approximate surface area is 96.8 Å². The molecule has 0 radical (unpaired) electrons. The van der Waals surface area contributed by atoms with Crippen LogP contribution in [0.15, 0.2) is 29.0 Å². The Hall–Kier alpha value is -1.15. The number of nitrogens with zero attached hydrogens (tertiary/aromatic N) is 1. The Morgan fingerprint density at radius 3 is 2.87 bits per heavy atom. The number of nitriles is 1. The summed E-state index contributed by atoms with van der Waals surface area (Å²) in [4.78, 5) is 1.99. The molecule has 0 aromatic carbocycles. The van der Waals surface area contributed by atoms with Gasteiger partial charge in [-0.1, -0.05) is 0 Å². The molecule has 0 aliphatic heterocycles. The number of hydrogen-bond acceptors (Lipinski definition) is 4. The van der Waals surface area contributed by atoms with Gasteiger partial charge in [0.1, 0.15) is 10.9 Å². The van der Waals surface area contributed by atoms with Crippen molar-refractivity contribution in [2.24, 2.45) is 0 Å². The van der Waals surface area contributed by atoms with E-state index >= 15 is 0 Å². The molecule has 0 fully saturated rings. The van der Waals surface area contributed by atoms with Crippen molar-refractivity contribution in [1.29, 1.82) is 5.26 Å². The Balaban J connectivity index is 1.81. The molecule has 76 valence electrons. The van der Waals surface area contributed by atoms with Crippen molar-refractivity contribution in [2.75, 3.05) is 0 Å². The van der Waals surface area contributed by atoms with Crippen LogP contribution in [0.2, 0.25) is 0 Å². The van der Waals surface area contributed by atoms with E-state index in [1.54, 1.807) is 22.7 Å². The van der Waals surface area contributed by atoms with Gasteiger partial charge in [0, 0.05) is 18.0 Å². The molecule has 0 aliphatic carbocycles. The predicted molar refractivity (Wildman–Crippen MR) is 63.9 cm³/mol. The van der Waals surface area contributed by atoms with E-state index in [4.69, 9.17) is 5.26 Å². The molecule has 0 spiro atoms. The van der Waals surface area contributed by atoms with Gasteiger partial charge in [-0.05, 0) is 34.5 Å². The van der Waals surface area contributed by atoms with Gasteiger partial charge in [0.05, 0.1) is 0 Å². The Bertz CT molecular complexity index is 451. The van der Waals surface area contributed by atoms with Crippen LogP contribution in [-0.4, -0.2) is 0 Å². The number of rotatable bonds is 4. The average molecular weight is 234 g/mol. The van der Waals surface area contributed by atoms with Crippen LogP contribution in [0.4, 0.5) is 0 Å². The number of hydrogen-bond donors (Lipinski definition) is 1. The molecular formula is C11H10N2S2. The standard InChI is InChI=1S/C11H10N2S2/c12-5-10-1-2-11(15-10)7-13-6-9-3-4-14-8-9/h1-4,8,13H,6-7H2. The van der Waals surface area contributed by atoms with Crippen LogP contribution in [0, 0.1) is 11.3 Å². The average Bonchev–Trinajstić information content (AvgIpc) is 2.88. The lowest BCUT2D eigenvalue weighted by Gasteiger charge is -1.99. The molecule has 0 bridgehead atoms. The molecule has 0 saturated heterocycles. The van der Waals surface area contributed by atoms with E-state index in [1.807, 2.05) is 12.1 Å². The van der Waals surface area contributed by atoms with Crippen molar-refractivity contribution in [3.8, 4) is 6.07 Å². The third-order valence-corrected chi connectivity index (χ3v) is 3.70. The minimum Gasteiger partial charge on any atom is -0.308 e. The van der Waals surface area contributed by atoms with Crippen molar-refractivity contribution in [2.45, 2.75) is 13.1 Å². The van der Waals surface area contributed by atoms with E-state index in [9.17, 15) is 0 Å². The Morgan fingerprint density at radius 2 is 2.20 bits per heavy atom. The summed E-state index contributed by atoms with van der Waals surface area (Å²) in [5, 5.41) is 16.2. The van der Waals surface area contributed by atoms with Crippen molar-refractivity contribution < 1.29 is 0 Å². The van der Waals surface area contributed by atoms with Crippen molar-refractivity contribution >= 4 is 22.7 Å². The molecule has 2 rings (SSSR count). The van der Waals surface area contributed by atoms with Crippen molar-refractivity contribution in [3.05, 3.63) is 44.3 Å². The monoisotopic (exact) mass is 234 g/mol. The van der Waals surface area contributed by atoms with Gasteiger partial charge in [-0.25, -0.2) is 0 Å². The van der Waals surface area contributed by atoms with Crippen molar-refractivity contribution in [3.63, 3.8) is 0 Å². The molecule has 0 saturated carbocycles. The van der Waals surface area contributed by atoms with E-state index < -0.39 is 0 Å². The fourth-order valence-electron chi connectivity index (χ4n) is 1.26. The second-order valence-electron chi connectivity index (χ2n) is 3.11. The largest absolute Gasteiger partial charge is 0.308 e. The quantitative estimate of drug-likeness (QED) is 0.882. The van der Waals surface area contributed by atoms with Gasteiger partial charge >= 0.3 is 0 Å². The van der Waals surface area contributed by atoms with Gasteiger partial charge in [-0.2, -0.15) is 16.6 Å². The molecule has 2 heterocycles. The predicted octanol–water partition coefficient (Wildman–Crippen LogP) is 2.97. The molecule has 0 atom stereocenters. The summed E-state index contributed by atoms with van der Waals surface area (Å²) < 4.78 is 0. The summed E-state index contributed by atoms with van der Waals surface area (Å²) in [5.74, 6) is 0. The molecule has 2 nitrogen and oxygen atoms in total. The van der Waals surface area contributed by atoms with E-state index in [2.05, 4.69) is 28.2 Å². The maximum atomic E-state index is 8.67. The van der Waals surface area contributed by atoms with E-state index in [0.29, 0.717) is 0 Å². The lowest BCUT2D eigenvalue weighted by molar-refractivity contribution is 0.702. The molecule has 15 heavy (non-hydrogen) atoms. The maximum absolute atomic E-state index is 8.67. The van der Waals surface area contributed by atoms with Crippen LogP contribution in [0.5, 0.6) is 0 Å². The summed E-state index contributed by atoms with van der Waals surface area (Å²) in [6, 6.07) is 8.13. The Kier molecular flexibility index (Phi) is 3.51. The topological polar surface area (TPSA) is 35.8 Å². The third-order valence-electron chi connectivity index (χ3n) is 1.98.